The zero-order valence-electron chi connectivity index (χ0n) is 17.3. The minimum atomic E-state index is -1.02. The molecule has 0 heterocycles. The molecule has 152 valence electrons. The molecular weight excluding hydrogens is 376 g/mol. The zero-order chi connectivity index (χ0) is 21.5. The monoisotopic (exact) mass is 400 g/mol. The number of para-hydroxylation sites is 1. The lowest BCUT2D eigenvalue weighted by molar-refractivity contribution is -0.141. The number of rotatable bonds is 7. The number of ketones is 1. The van der Waals surface area contributed by atoms with E-state index in [1.54, 1.807) is 31.4 Å². The first-order valence-corrected chi connectivity index (χ1v) is 9.67. The van der Waals surface area contributed by atoms with Crippen molar-refractivity contribution in [3.8, 4) is 5.75 Å². The predicted molar refractivity (Wildman–Crippen MR) is 118 cm³/mol. The SMILES string of the molecule is COc1ccccc1/C=C/C(=O)O[C@H](C(=O)c1ccc(C)cc1)c1ccc(C)cc1. The Labute approximate surface area is 176 Å². The van der Waals surface area contributed by atoms with Gasteiger partial charge in [0.2, 0.25) is 5.78 Å². The van der Waals surface area contributed by atoms with Crippen molar-refractivity contribution in [2.45, 2.75) is 20.0 Å². The summed E-state index contributed by atoms with van der Waals surface area (Å²) in [5.41, 5.74) is 3.98. The summed E-state index contributed by atoms with van der Waals surface area (Å²) in [5.74, 6) is -0.225. The van der Waals surface area contributed by atoms with E-state index in [1.165, 1.54) is 6.08 Å². The van der Waals surface area contributed by atoms with Gasteiger partial charge in [-0.25, -0.2) is 4.79 Å². The van der Waals surface area contributed by atoms with Crippen LogP contribution >= 0.6 is 0 Å². The van der Waals surface area contributed by atoms with Crippen molar-refractivity contribution in [2.24, 2.45) is 0 Å². The molecule has 0 amide bonds. The lowest BCUT2D eigenvalue weighted by Crippen LogP contribution is -2.19. The second-order valence-corrected chi connectivity index (χ2v) is 7.03. The summed E-state index contributed by atoms with van der Waals surface area (Å²) in [5, 5.41) is 0. The van der Waals surface area contributed by atoms with Gasteiger partial charge in [-0.3, -0.25) is 4.79 Å². The van der Waals surface area contributed by atoms with Crippen molar-refractivity contribution < 1.29 is 19.1 Å². The van der Waals surface area contributed by atoms with Crippen molar-refractivity contribution in [1.29, 1.82) is 0 Å². The van der Waals surface area contributed by atoms with Gasteiger partial charge in [0, 0.05) is 22.8 Å². The van der Waals surface area contributed by atoms with E-state index in [2.05, 4.69) is 0 Å². The van der Waals surface area contributed by atoms with Crippen molar-refractivity contribution in [1.82, 2.24) is 0 Å². The number of Topliss-reactive ketones (excluding diaryl/α,β-unsaturated/α-hetero) is 1. The van der Waals surface area contributed by atoms with Gasteiger partial charge in [0.25, 0.3) is 0 Å². The molecule has 0 saturated heterocycles. The first-order valence-electron chi connectivity index (χ1n) is 9.67. The van der Waals surface area contributed by atoms with Gasteiger partial charge in [-0.05, 0) is 26.0 Å². The Bertz CT molecular complexity index is 1050. The molecule has 0 aromatic heterocycles. The van der Waals surface area contributed by atoms with Crippen LogP contribution in [0.2, 0.25) is 0 Å². The van der Waals surface area contributed by atoms with E-state index in [1.807, 2.05) is 68.4 Å². The maximum Gasteiger partial charge on any atom is 0.331 e. The van der Waals surface area contributed by atoms with Crippen LogP contribution in [0.4, 0.5) is 0 Å². The number of hydrogen-bond donors (Lipinski definition) is 0. The molecule has 4 heteroatoms. The Kier molecular flexibility index (Phi) is 6.81. The van der Waals surface area contributed by atoms with Crippen LogP contribution in [0.15, 0.2) is 78.9 Å². The summed E-state index contributed by atoms with van der Waals surface area (Å²) in [6, 6.07) is 22.0. The number of benzene rings is 3. The molecule has 0 radical (unpaired) electrons. The molecule has 30 heavy (non-hydrogen) atoms. The molecule has 3 aromatic carbocycles. The van der Waals surface area contributed by atoms with Crippen molar-refractivity contribution >= 4 is 17.8 Å². The Morgan fingerprint density at radius 1 is 0.833 bits per heavy atom. The lowest BCUT2D eigenvalue weighted by atomic mass is 9.98. The third kappa shape index (κ3) is 5.23. The van der Waals surface area contributed by atoms with Gasteiger partial charge >= 0.3 is 5.97 Å². The van der Waals surface area contributed by atoms with Crippen molar-refractivity contribution in [3.05, 3.63) is 107 Å². The van der Waals surface area contributed by atoms with Crippen LogP contribution in [-0.2, 0) is 9.53 Å². The number of hydrogen-bond acceptors (Lipinski definition) is 4. The van der Waals surface area contributed by atoms with E-state index in [4.69, 9.17) is 9.47 Å². The summed E-state index contributed by atoms with van der Waals surface area (Å²) in [6.07, 6.45) is 1.90. The first kappa shape index (κ1) is 21.1. The largest absolute Gasteiger partial charge is 0.496 e. The van der Waals surface area contributed by atoms with E-state index in [0.29, 0.717) is 16.9 Å². The van der Waals surface area contributed by atoms with Crippen molar-refractivity contribution in [2.75, 3.05) is 7.11 Å². The number of carbonyl (C=O) groups is 2. The number of esters is 1. The highest BCUT2D eigenvalue weighted by Crippen LogP contribution is 2.24. The Hall–Kier alpha value is -3.66. The Morgan fingerprint density at radius 2 is 1.43 bits per heavy atom. The van der Waals surface area contributed by atoms with Gasteiger partial charge in [0.15, 0.2) is 6.10 Å². The molecule has 3 aromatic rings. The average Bonchev–Trinajstić information content (AvgIpc) is 2.77. The van der Waals surface area contributed by atoms with E-state index in [-0.39, 0.29) is 5.78 Å². The van der Waals surface area contributed by atoms with Crippen LogP contribution in [0.3, 0.4) is 0 Å². The maximum atomic E-state index is 13.1. The second-order valence-electron chi connectivity index (χ2n) is 7.03. The Morgan fingerprint density at radius 3 is 2.07 bits per heavy atom. The van der Waals surface area contributed by atoms with Gasteiger partial charge in [-0.2, -0.15) is 0 Å². The summed E-state index contributed by atoms with van der Waals surface area (Å²) in [6.45, 7) is 3.91. The molecule has 0 aliphatic heterocycles. The molecule has 4 nitrogen and oxygen atoms in total. The summed E-state index contributed by atoms with van der Waals surface area (Å²) >= 11 is 0. The van der Waals surface area contributed by atoms with Gasteiger partial charge in [0.05, 0.1) is 7.11 Å². The fourth-order valence-electron chi connectivity index (χ4n) is 3.00. The minimum absolute atomic E-state index is 0.266. The molecule has 0 saturated carbocycles. The molecule has 0 bridgehead atoms. The summed E-state index contributed by atoms with van der Waals surface area (Å²) in [7, 11) is 1.57. The predicted octanol–water partition coefficient (Wildman–Crippen LogP) is 5.49. The Balaban J connectivity index is 1.85. The molecule has 0 fully saturated rings. The van der Waals surface area contributed by atoms with Crippen LogP contribution in [0.1, 0.15) is 38.7 Å². The van der Waals surface area contributed by atoms with Crippen molar-refractivity contribution in [3.63, 3.8) is 0 Å². The van der Waals surface area contributed by atoms with E-state index in [9.17, 15) is 9.59 Å². The minimum Gasteiger partial charge on any atom is -0.496 e. The summed E-state index contributed by atoms with van der Waals surface area (Å²) < 4.78 is 10.9. The zero-order valence-corrected chi connectivity index (χ0v) is 17.3. The summed E-state index contributed by atoms with van der Waals surface area (Å²) in [4.78, 5) is 25.7. The first-order chi connectivity index (χ1) is 14.5. The number of aryl methyl sites for hydroxylation is 2. The second kappa shape index (κ2) is 9.70. The fourth-order valence-corrected chi connectivity index (χ4v) is 3.00. The molecule has 3 rings (SSSR count). The number of carbonyl (C=O) groups excluding carboxylic acids is 2. The quantitative estimate of drug-likeness (QED) is 0.299. The fraction of sp³-hybridized carbons (Fsp3) is 0.154. The molecule has 0 aliphatic rings. The molecule has 1 atom stereocenters. The third-order valence-electron chi connectivity index (χ3n) is 4.73. The molecule has 0 spiro atoms. The van der Waals surface area contributed by atoms with E-state index < -0.39 is 12.1 Å². The lowest BCUT2D eigenvalue weighted by Gasteiger charge is -2.17. The van der Waals surface area contributed by atoms with Crippen LogP contribution < -0.4 is 4.74 Å². The maximum absolute atomic E-state index is 13.1. The van der Waals surface area contributed by atoms with Gasteiger partial charge in [-0.15, -0.1) is 0 Å². The van der Waals surface area contributed by atoms with Crippen LogP contribution in [0.25, 0.3) is 6.08 Å². The smallest absolute Gasteiger partial charge is 0.331 e. The van der Waals surface area contributed by atoms with Crippen LogP contribution in [0.5, 0.6) is 5.75 Å². The van der Waals surface area contributed by atoms with E-state index >= 15 is 0 Å². The van der Waals surface area contributed by atoms with Crippen LogP contribution in [0, 0.1) is 13.8 Å². The van der Waals surface area contributed by atoms with E-state index in [0.717, 1.165) is 16.7 Å². The van der Waals surface area contributed by atoms with Gasteiger partial charge < -0.3 is 9.47 Å². The molecule has 0 unspecified atom stereocenters. The van der Waals surface area contributed by atoms with Crippen LogP contribution in [-0.4, -0.2) is 18.9 Å². The highest BCUT2D eigenvalue weighted by atomic mass is 16.5. The number of ether oxygens (including phenoxy) is 2. The van der Waals surface area contributed by atoms with Gasteiger partial charge in [-0.1, -0.05) is 77.9 Å². The molecule has 0 aliphatic carbocycles. The molecular formula is C26H24O4. The highest BCUT2D eigenvalue weighted by molar-refractivity contribution is 6.01. The average molecular weight is 400 g/mol. The standard InChI is InChI=1S/C26H24O4/c1-18-8-12-21(13-9-18)25(28)26(22-14-10-19(2)11-15-22)30-24(27)17-16-20-6-4-5-7-23(20)29-3/h4-17,26H,1-3H3/b17-16+/t26-/m0/s1. The third-order valence-corrected chi connectivity index (χ3v) is 4.73. The topological polar surface area (TPSA) is 52.6 Å². The normalized spacial score (nSPS) is 11.8. The highest BCUT2D eigenvalue weighted by Gasteiger charge is 2.25. The van der Waals surface area contributed by atoms with Gasteiger partial charge in [0.1, 0.15) is 5.75 Å². The molecule has 0 N–H and O–H groups in total. The number of methoxy groups -OCH3 is 1.